The zero-order chi connectivity index (χ0) is 28.4. The summed E-state index contributed by atoms with van der Waals surface area (Å²) in [6.45, 7) is 6.49. The van der Waals surface area contributed by atoms with Crippen LogP contribution in [0.15, 0.2) is 72.1 Å². The van der Waals surface area contributed by atoms with Crippen LogP contribution in [0.2, 0.25) is 0 Å². The van der Waals surface area contributed by atoms with E-state index in [2.05, 4.69) is 79.5 Å². The quantitative estimate of drug-likeness (QED) is 0.190. The minimum atomic E-state index is -4.20. The smallest absolute Gasteiger partial charge is 0.390 e. The molecule has 1 saturated heterocycles. The highest BCUT2D eigenvalue weighted by atomic mass is 19.4. The Kier molecular flexibility index (Phi) is 11.5. The number of allylic oxidation sites excluding steroid dienone is 3. The van der Waals surface area contributed by atoms with E-state index >= 15 is 0 Å². The Bertz CT molecular complexity index is 1020. The van der Waals surface area contributed by atoms with E-state index in [0.29, 0.717) is 0 Å². The summed E-state index contributed by atoms with van der Waals surface area (Å²) in [4.78, 5) is 3.62. The molecule has 2 atom stereocenters. The van der Waals surface area contributed by atoms with Crippen molar-refractivity contribution in [3.63, 3.8) is 0 Å². The van der Waals surface area contributed by atoms with Gasteiger partial charge >= 0.3 is 6.18 Å². The predicted molar refractivity (Wildman–Crippen MR) is 158 cm³/mol. The topological polar surface area (TPSA) is 18.5 Å². The maximum Gasteiger partial charge on any atom is 0.404 e. The van der Waals surface area contributed by atoms with Crippen molar-refractivity contribution in [2.45, 2.75) is 96.8 Å². The van der Waals surface area contributed by atoms with E-state index in [1.807, 2.05) is 12.2 Å². The highest BCUT2D eigenvalue weighted by molar-refractivity contribution is 5.68. The molecule has 1 N–H and O–H groups in total. The molecule has 0 aliphatic carbocycles. The van der Waals surface area contributed by atoms with Crippen molar-refractivity contribution >= 4 is 11.4 Å². The van der Waals surface area contributed by atoms with Crippen LogP contribution in [-0.2, 0) is 12.8 Å². The summed E-state index contributed by atoms with van der Waals surface area (Å²) in [6, 6.07) is 15.9. The lowest BCUT2D eigenvalue weighted by atomic mass is 9.90. The van der Waals surface area contributed by atoms with E-state index in [9.17, 15) is 13.2 Å². The van der Waals surface area contributed by atoms with Crippen LogP contribution in [0.3, 0.4) is 0 Å². The first-order chi connectivity index (χ1) is 18.7. The number of anilines is 2. The maximum atomic E-state index is 13.2. The van der Waals surface area contributed by atoms with E-state index in [1.165, 1.54) is 54.6 Å². The number of halogens is 3. The van der Waals surface area contributed by atoms with Gasteiger partial charge in [-0.15, -0.1) is 0 Å². The van der Waals surface area contributed by atoms with E-state index in [0.717, 1.165) is 35.6 Å². The first-order valence-electron chi connectivity index (χ1n) is 14.5. The molecule has 0 saturated carbocycles. The van der Waals surface area contributed by atoms with Crippen molar-refractivity contribution < 1.29 is 13.2 Å². The number of alkyl halides is 3. The number of likely N-dealkylation sites (N-methyl/N-ethyl adjacent to an activating group) is 2. The van der Waals surface area contributed by atoms with Crippen molar-refractivity contribution in [3.05, 3.63) is 83.2 Å². The zero-order valence-electron chi connectivity index (χ0n) is 24.3. The molecule has 3 rings (SSSR count). The minimum Gasteiger partial charge on any atom is -0.390 e. The SMILES string of the molecule is CCCCCc1ccc(N(/C(C)=C/C=C(\NC)C2CC(C(F)(F)F)N2C)c2ccc(CCCCC)cc2)cc1. The summed E-state index contributed by atoms with van der Waals surface area (Å²) in [5.41, 5.74) is 6.59. The van der Waals surface area contributed by atoms with Crippen LogP contribution in [-0.4, -0.2) is 37.3 Å². The molecule has 2 unspecified atom stereocenters. The molecule has 2 aromatic rings. The van der Waals surface area contributed by atoms with E-state index in [1.54, 1.807) is 14.1 Å². The number of nitrogens with one attached hydrogen (secondary N) is 1. The number of unbranched alkanes of at least 4 members (excludes halogenated alkanes) is 4. The average molecular weight is 542 g/mol. The van der Waals surface area contributed by atoms with Gasteiger partial charge in [0.25, 0.3) is 0 Å². The average Bonchev–Trinajstić information content (AvgIpc) is 2.91. The number of nitrogens with zero attached hydrogens (tertiary/aromatic N) is 2. The molecule has 0 spiro atoms. The monoisotopic (exact) mass is 541 g/mol. The molecule has 0 radical (unpaired) electrons. The van der Waals surface area contributed by atoms with Gasteiger partial charge in [-0.3, -0.25) is 4.90 Å². The Morgan fingerprint density at radius 3 is 1.74 bits per heavy atom. The van der Waals surface area contributed by atoms with E-state index in [-0.39, 0.29) is 12.5 Å². The molecule has 39 heavy (non-hydrogen) atoms. The number of hydrogen-bond donors (Lipinski definition) is 1. The van der Waals surface area contributed by atoms with Crippen LogP contribution in [0.4, 0.5) is 24.5 Å². The summed E-state index contributed by atoms with van der Waals surface area (Å²) < 4.78 is 39.7. The summed E-state index contributed by atoms with van der Waals surface area (Å²) in [5.74, 6) is 0. The van der Waals surface area contributed by atoms with E-state index in [4.69, 9.17) is 0 Å². The third kappa shape index (κ3) is 8.38. The van der Waals surface area contributed by atoms with Crippen molar-refractivity contribution in [2.24, 2.45) is 0 Å². The Labute approximate surface area is 233 Å². The highest BCUT2D eigenvalue weighted by Gasteiger charge is 2.52. The van der Waals surface area contributed by atoms with Crippen LogP contribution in [0.25, 0.3) is 0 Å². The number of aryl methyl sites for hydroxylation is 2. The molecule has 0 amide bonds. The molecule has 0 bridgehead atoms. The lowest BCUT2D eigenvalue weighted by molar-refractivity contribution is -0.215. The normalized spacial score (nSPS) is 18.7. The summed E-state index contributed by atoms with van der Waals surface area (Å²) >= 11 is 0. The second-order valence-corrected chi connectivity index (χ2v) is 10.7. The number of rotatable bonds is 14. The summed E-state index contributed by atoms with van der Waals surface area (Å²) in [6.07, 6.45) is 9.25. The highest BCUT2D eigenvalue weighted by Crippen LogP contribution is 2.39. The number of benzene rings is 2. The lowest BCUT2D eigenvalue weighted by Gasteiger charge is -2.47. The second kappa shape index (κ2) is 14.6. The molecular weight excluding hydrogens is 495 g/mol. The van der Waals surface area contributed by atoms with Gasteiger partial charge in [-0.25, -0.2) is 0 Å². The van der Waals surface area contributed by atoms with Gasteiger partial charge in [-0.05, 0) is 93.6 Å². The largest absolute Gasteiger partial charge is 0.404 e. The summed E-state index contributed by atoms with van der Waals surface area (Å²) in [5, 5.41) is 3.13. The Morgan fingerprint density at radius 2 is 1.36 bits per heavy atom. The van der Waals surface area contributed by atoms with Gasteiger partial charge in [-0.1, -0.05) is 63.8 Å². The van der Waals surface area contributed by atoms with Gasteiger partial charge in [0.2, 0.25) is 0 Å². The first kappa shape index (κ1) is 30.8. The maximum absolute atomic E-state index is 13.2. The molecule has 1 heterocycles. The molecule has 1 aliphatic rings. The number of hydrogen-bond acceptors (Lipinski definition) is 3. The van der Waals surface area contributed by atoms with Crippen molar-refractivity contribution in [1.29, 1.82) is 0 Å². The van der Waals surface area contributed by atoms with Gasteiger partial charge in [-0.2, -0.15) is 13.2 Å². The fraction of sp³-hybridized carbons (Fsp3) is 0.515. The van der Waals surface area contributed by atoms with E-state index < -0.39 is 12.2 Å². The Hall–Kier alpha value is -2.73. The summed E-state index contributed by atoms with van der Waals surface area (Å²) in [7, 11) is 3.32. The van der Waals surface area contributed by atoms with Crippen LogP contribution in [0.1, 0.15) is 76.8 Å². The van der Waals surface area contributed by atoms with Crippen molar-refractivity contribution in [3.8, 4) is 0 Å². The molecule has 3 nitrogen and oxygen atoms in total. The van der Waals surface area contributed by atoms with Gasteiger partial charge < -0.3 is 10.2 Å². The van der Waals surface area contributed by atoms with Gasteiger partial charge in [0.1, 0.15) is 6.04 Å². The Morgan fingerprint density at radius 1 is 0.872 bits per heavy atom. The van der Waals surface area contributed by atoms with Gasteiger partial charge in [0.05, 0.1) is 6.04 Å². The molecule has 1 aliphatic heterocycles. The molecule has 6 heteroatoms. The molecule has 1 fully saturated rings. The minimum absolute atomic E-state index is 0.0717. The molecular formula is C33H46F3N3. The van der Waals surface area contributed by atoms with Crippen LogP contribution in [0.5, 0.6) is 0 Å². The van der Waals surface area contributed by atoms with Gasteiger partial charge in [0.15, 0.2) is 0 Å². The van der Waals surface area contributed by atoms with Crippen molar-refractivity contribution in [1.82, 2.24) is 10.2 Å². The molecule has 2 aromatic carbocycles. The van der Waals surface area contributed by atoms with Crippen LogP contribution in [0, 0.1) is 0 Å². The second-order valence-electron chi connectivity index (χ2n) is 10.7. The number of likely N-dealkylation sites (tertiary alicyclic amines) is 1. The third-order valence-corrected chi connectivity index (χ3v) is 7.84. The molecule has 0 aromatic heterocycles. The first-order valence-corrected chi connectivity index (χ1v) is 14.5. The van der Waals surface area contributed by atoms with Crippen LogP contribution < -0.4 is 10.2 Å². The standard InChI is InChI=1S/C33H46F3N3/c1-6-8-10-12-26-15-19-28(20-16-26)39(29-21-17-27(18-22-29)13-11-9-7-2)25(3)14-23-30(37-4)31-24-32(38(31)5)33(34,35)36/h14-23,31-32,37H,6-13,24H2,1-5H3/b25-14+,30-23-. The molecule has 214 valence electrons. The fourth-order valence-corrected chi connectivity index (χ4v) is 5.32. The van der Waals surface area contributed by atoms with Gasteiger partial charge in [0, 0.05) is 29.8 Å². The third-order valence-electron chi connectivity index (χ3n) is 7.84. The van der Waals surface area contributed by atoms with Crippen LogP contribution >= 0.6 is 0 Å². The van der Waals surface area contributed by atoms with Crippen molar-refractivity contribution in [2.75, 3.05) is 19.0 Å². The Balaban J connectivity index is 1.87. The lowest BCUT2D eigenvalue weighted by Crippen LogP contribution is -2.61. The zero-order valence-corrected chi connectivity index (χ0v) is 24.3. The fourth-order valence-electron chi connectivity index (χ4n) is 5.32. The predicted octanol–water partition coefficient (Wildman–Crippen LogP) is 8.93.